The SMILES string of the molecule is COC(=O)Cn1nc(OC2CC2)c2cc(Br)ccc2c1=O. The second-order valence-corrected chi connectivity index (χ2v) is 5.77. The predicted molar refractivity (Wildman–Crippen MR) is 79.4 cm³/mol. The van der Waals surface area contributed by atoms with E-state index >= 15 is 0 Å². The number of ether oxygens (including phenoxy) is 2. The molecule has 6 nitrogen and oxygen atoms in total. The van der Waals surface area contributed by atoms with Crippen molar-refractivity contribution in [1.29, 1.82) is 0 Å². The second kappa shape index (κ2) is 5.48. The molecular weight excluding hydrogens is 340 g/mol. The maximum atomic E-state index is 12.4. The van der Waals surface area contributed by atoms with E-state index in [1.54, 1.807) is 18.2 Å². The Morgan fingerprint density at radius 2 is 2.19 bits per heavy atom. The number of aromatic nitrogens is 2. The van der Waals surface area contributed by atoms with Gasteiger partial charge in [0.15, 0.2) is 0 Å². The van der Waals surface area contributed by atoms with E-state index in [9.17, 15) is 9.59 Å². The molecular formula is C14H13BrN2O4. The third kappa shape index (κ3) is 2.92. The smallest absolute Gasteiger partial charge is 0.327 e. The lowest BCUT2D eigenvalue weighted by atomic mass is 10.2. The zero-order valence-corrected chi connectivity index (χ0v) is 12.9. The van der Waals surface area contributed by atoms with Gasteiger partial charge in [-0.25, -0.2) is 4.68 Å². The first-order chi connectivity index (χ1) is 10.1. The van der Waals surface area contributed by atoms with Crippen LogP contribution in [0.25, 0.3) is 10.8 Å². The molecule has 0 unspecified atom stereocenters. The first-order valence-electron chi connectivity index (χ1n) is 6.52. The van der Waals surface area contributed by atoms with Crippen molar-refractivity contribution in [3.8, 4) is 5.88 Å². The number of hydrogen-bond acceptors (Lipinski definition) is 5. The Bertz CT molecular complexity index is 767. The number of halogens is 1. The van der Waals surface area contributed by atoms with Crippen molar-refractivity contribution >= 4 is 32.7 Å². The summed E-state index contributed by atoms with van der Waals surface area (Å²) in [4.78, 5) is 23.8. The fourth-order valence-corrected chi connectivity index (χ4v) is 2.31. The van der Waals surface area contributed by atoms with Crippen molar-refractivity contribution in [1.82, 2.24) is 9.78 Å². The van der Waals surface area contributed by atoms with E-state index in [1.165, 1.54) is 7.11 Å². The predicted octanol–water partition coefficient (Wildman–Crippen LogP) is 1.87. The molecule has 0 amide bonds. The lowest BCUT2D eigenvalue weighted by molar-refractivity contribution is -0.141. The van der Waals surface area contributed by atoms with Gasteiger partial charge in [0.2, 0.25) is 5.88 Å². The van der Waals surface area contributed by atoms with Crippen LogP contribution >= 0.6 is 15.9 Å². The normalized spacial score (nSPS) is 14.2. The topological polar surface area (TPSA) is 70.4 Å². The minimum absolute atomic E-state index is 0.142. The molecule has 1 aliphatic rings. The lowest BCUT2D eigenvalue weighted by Gasteiger charge is -2.11. The molecule has 0 bridgehead atoms. The van der Waals surface area contributed by atoms with Gasteiger partial charge in [-0.05, 0) is 31.0 Å². The van der Waals surface area contributed by atoms with Gasteiger partial charge in [0.25, 0.3) is 5.56 Å². The quantitative estimate of drug-likeness (QED) is 0.785. The molecule has 0 aliphatic heterocycles. The number of benzene rings is 1. The summed E-state index contributed by atoms with van der Waals surface area (Å²) in [5.41, 5.74) is -0.342. The van der Waals surface area contributed by atoms with E-state index in [1.807, 2.05) is 0 Å². The van der Waals surface area contributed by atoms with Gasteiger partial charge in [0.1, 0.15) is 12.6 Å². The van der Waals surface area contributed by atoms with E-state index in [0.717, 1.165) is 22.0 Å². The van der Waals surface area contributed by atoms with Gasteiger partial charge in [0.05, 0.1) is 17.9 Å². The van der Waals surface area contributed by atoms with E-state index in [0.29, 0.717) is 16.7 Å². The maximum absolute atomic E-state index is 12.4. The molecule has 0 saturated heterocycles. The summed E-state index contributed by atoms with van der Waals surface area (Å²) in [7, 11) is 1.27. The Balaban J connectivity index is 2.15. The molecule has 7 heteroatoms. The Morgan fingerprint density at radius 3 is 2.86 bits per heavy atom. The van der Waals surface area contributed by atoms with E-state index in [4.69, 9.17) is 4.74 Å². The zero-order valence-electron chi connectivity index (χ0n) is 11.3. The van der Waals surface area contributed by atoms with Crippen molar-refractivity contribution in [2.24, 2.45) is 0 Å². The average Bonchev–Trinajstić information content (AvgIpc) is 3.27. The minimum atomic E-state index is -0.529. The number of carbonyl (C=O) groups is 1. The highest BCUT2D eigenvalue weighted by Crippen LogP contribution is 2.30. The Labute approximate surface area is 128 Å². The molecule has 1 aromatic carbocycles. The number of hydrogen-bond donors (Lipinski definition) is 0. The molecule has 3 rings (SSSR count). The van der Waals surface area contributed by atoms with Crippen LogP contribution in [0.4, 0.5) is 0 Å². The van der Waals surface area contributed by atoms with Crippen LogP contribution in [0.3, 0.4) is 0 Å². The van der Waals surface area contributed by atoms with Gasteiger partial charge in [-0.15, -0.1) is 5.10 Å². The van der Waals surface area contributed by atoms with Gasteiger partial charge >= 0.3 is 5.97 Å². The van der Waals surface area contributed by atoms with Crippen LogP contribution in [0.1, 0.15) is 12.8 Å². The number of esters is 1. The standard InChI is InChI=1S/C14H13BrN2O4/c1-20-12(18)7-17-14(19)10-5-2-8(15)6-11(10)13(16-17)21-9-3-4-9/h2,5-6,9H,3-4,7H2,1H3. The summed E-state index contributed by atoms with van der Waals surface area (Å²) >= 11 is 3.38. The monoisotopic (exact) mass is 352 g/mol. The van der Waals surface area contributed by atoms with Gasteiger partial charge < -0.3 is 9.47 Å². The van der Waals surface area contributed by atoms with Crippen molar-refractivity contribution in [3.05, 3.63) is 33.0 Å². The maximum Gasteiger partial charge on any atom is 0.327 e. The zero-order chi connectivity index (χ0) is 15.0. The average molecular weight is 353 g/mol. The molecule has 1 aliphatic carbocycles. The first kappa shape index (κ1) is 14.1. The van der Waals surface area contributed by atoms with Crippen LogP contribution in [0.15, 0.2) is 27.5 Å². The molecule has 2 aromatic rings. The van der Waals surface area contributed by atoms with Gasteiger partial charge in [0, 0.05) is 4.47 Å². The van der Waals surface area contributed by atoms with Crippen LogP contribution in [-0.4, -0.2) is 29.0 Å². The van der Waals surface area contributed by atoms with Crippen LogP contribution in [-0.2, 0) is 16.1 Å². The van der Waals surface area contributed by atoms with Gasteiger partial charge in [-0.3, -0.25) is 9.59 Å². The fraction of sp³-hybridized carbons (Fsp3) is 0.357. The second-order valence-electron chi connectivity index (χ2n) is 4.85. The van der Waals surface area contributed by atoms with Gasteiger partial charge in [-0.1, -0.05) is 15.9 Å². The number of nitrogens with zero attached hydrogens (tertiary/aromatic N) is 2. The number of fused-ring (bicyclic) bond motifs is 1. The van der Waals surface area contributed by atoms with Crippen LogP contribution in [0.2, 0.25) is 0 Å². The summed E-state index contributed by atoms with van der Waals surface area (Å²) in [6.07, 6.45) is 2.10. The molecule has 0 radical (unpaired) electrons. The lowest BCUT2D eigenvalue weighted by Crippen LogP contribution is -2.28. The van der Waals surface area contributed by atoms with E-state index in [-0.39, 0.29) is 18.2 Å². The summed E-state index contributed by atoms with van der Waals surface area (Å²) in [5, 5.41) is 5.28. The molecule has 110 valence electrons. The highest BCUT2D eigenvalue weighted by Gasteiger charge is 2.26. The molecule has 1 aromatic heterocycles. The van der Waals surface area contributed by atoms with Crippen molar-refractivity contribution in [3.63, 3.8) is 0 Å². The van der Waals surface area contributed by atoms with E-state index < -0.39 is 5.97 Å². The molecule has 21 heavy (non-hydrogen) atoms. The number of rotatable bonds is 4. The largest absolute Gasteiger partial charge is 0.473 e. The molecule has 0 N–H and O–H groups in total. The minimum Gasteiger partial charge on any atom is -0.473 e. The number of carbonyl (C=O) groups excluding carboxylic acids is 1. The molecule has 1 saturated carbocycles. The summed E-state index contributed by atoms with van der Waals surface area (Å²) < 4.78 is 12.3. The molecule has 1 fully saturated rings. The fourth-order valence-electron chi connectivity index (χ4n) is 1.95. The Kier molecular flexibility index (Phi) is 3.67. The van der Waals surface area contributed by atoms with Crippen molar-refractivity contribution in [2.75, 3.05) is 7.11 Å². The van der Waals surface area contributed by atoms with Crippen molar-refractivity contribution in [2.45, 2.75) is 25.5 Å². The third-order valence-electron chi connectivity index (χ3n) is 3.20. The van der Waals surface area contributed by atoms with Crippen LogP contribution < -0.4 is 10.3 Å². The van der Waals surface area contributed by atoms with E-state index in [2.05, 4.69) is 25.8 Å². The van der Waals surface area contributed by atoms with Crippen LogP contribution in [0, 0.1) is 0 Å². The molecule has 0 spiro atoms. The van der Waals surface area contributed by atoms with Gasteiger partial charge in [-0.2, -0.15) is 0 Å². The first-order valence-corrected chi connectivity index (χ1v) is 7.31. The Hall–Kier alpha value is -1.89. The summed E-state index contributed by atoms with van der Waals surface area (Å²) in [5.74, 6) is -0.157. The summed E-state index contributed by atoms with van der Waals surface area (Å²) in [6, 6.07) is 5.26. The van der Waals surface area contributed by atoms with Crippen molar-refractivity contribution < 1.29 is 14.3 Å². The summed E-state index contributed by atoms with van der Waals surface area (Å²) in [6.45, 7) is -0.234. The number of methoxy groups -OCH3 is 1. The highest BCUT2D eigenvalue weighted by atomic mass is 79.9. The molecule has 1 heterocycles. The Morgan fingerprint density at radius 1 is 1.43 bits per heavy atom. The molecule has 0 atom stereocenters. The van der Waals surface area contributed by atoms with Crippen LogP contribution in [0.5, 0.6) is 5.88 Å². The highest BCUT2D eigenvalue weighted by molar-refractivity contribution is 9.10. The third-order valence-corrected chi connectivity index (χ3v) is 3.69.